The molecule has 0 bridgehead atoms. The van der Waals surface area contributed by atoms with E-state index in [-0.39, 0.29) is 5.75 Å². The van der Waals surface area contributed by atoms with Crippen LogP contribution in [0, 0.1) is 0 Å². The van der Waals surface area contributed by atoms with E-state index in [0.29, 0.717) is 19.0 Å². The number of nitrogens with one attached hydrogen (secondary N) is 1. The van der Waals surface area contributed by atoms with Crippen LogP contribution in [-0.2, 0) is 16.4 Å². The summed E-state index contributed by atoms with van der Waals surface area (Å²) in [4.78, 5) is 4.11. The zero-order valence-electron chi connectivity index (χ0n) is 10.7. The maximum absolute atomic E-state index is 10.9. The van der Waals surface area contributed by atoms with Crippen molar-refractivity contribution in [1.29, 1.82) is 0 Å². The Hall–Kier alpha value is -0.880. The lowest BCUT2D eigenvalue weighted by molar-refractivity contribution is 0.548. The fourth-order valence-corrected chi connectivity index (χ4v) is 2.28. The zero-order chi connectivity index (χ0) is 12.9. The second-order valence-corrected chi connectivity index (χ2v) is 6.81. The lowest BCUT2D eigenvalue weighted by atomic mass is 10.3. The van der Waals surface area contributed by atoms with Gasteiger partial charge in [-0.2, -0.15) is 0 Å². The third kappa shape index (κ3) is 5.32. The number of imidazole rings is 1. The minimum atomic E-state index is -2.84. The van der Waals surface area contributed by atoms with Crippen LogP contribution in [0.1, 0.15) is 32.0 Å². The SMILES string of the molecule is CC(C)n1cncc1CNCCCS(C)(=O)=O. The molecule has 0 atom stereocenters. The molecule has 0 spiro atoms. The van der Waals surface area contributed by atoms with E-state index in [1.165, 1.54) is 6.26 Å². The molecule has 0 aliphatic carbocycles. The van der Waals surface area contributed by atoms with E-state index in [2.05, 4.69) is 28.7 Å². The summed E-state index contributed by atoms with van der Waals surface area (Å²) in [5, 5.41) is 3.23. The van der Waals surface area contributed by atoms with Crippen molar-refractivity contribution in [2.75, 3.05) is 18.6 Å². The third-order valence-corrected chi connectivity index (χ3v) is 3.51. The Morgan fingerprint density at radius 3 is 2.76 bits per heavy atom. The molecule has 0 radical (unpaired) electrons. The molecule has 0 amide bonds. The number of aromatic nitrogens is 2. The molecule has 0 unspecified atom stereocenters. The van der Waals surface area contributed by atoms with E-state index < -0.39 is 9.84 Å². The first-order valence-corrected chi connectivity index (χ1v) is 7.85. The molecule has 98 valence electrons. The second-order valence-electron chi connectivity index (χ2n) is 4.55. The van der Waals surface area contributed by atoms with E-state index in [4.69, 9.17) is 0 Å². The van der Waals surface area contributed by atoms with Crippen LogP contribution in [0.2, 0.25) is 0 Å². The van der Waals surface area contributed by atoms with Gasteiger partial charge < -0.3 is 9.88 Å². The highest BCUT2D eigenvalue weighted by atomic mass is 32.2. The molecule has 1 heterocycles. The van der Waals surface area contributed by atoms with Crippen LogP contribution in [-0.4, -0.2) is 36.5 Å². The molecule has 1 rings (SSSR count). The molecule has 1 aromatic rings. The third-order valence-electron chi connectivity index (χ3n) is 2.48. The number of hydrogen-bond acceptors (Lipinski definition) is 4. The van der Waals surface area contributed by atoms with Crippen molar-refractivity contribution in [3.05, 3.63) is 18.2 Å². The van der Waals surface area contributed by atoms with Crippen molar-refractivity contribution < 1.29 is 8.42 Å². The van der Waals surface area contributed by atoms with Gasteiger partial charge in [-0.25, -0.2) is 13.4 Å². The predicted octanol–water partition coefficient (Wildman–Crippen LogP) is 0.988. The standard InChI is InChI=1S/C11H21N3O2S/c1-10(2)14-9-13-8-11(14)7-12-5-4-6-17(3,15)16/h8-10,12H,4-7H2,1-3H3. The van der Waals surface area contributed by atoms with E-state index in [9.17, 15) is 8.42 Å². The Morgan fingerprint density at radius 2 is 2.18 bits per heavy atom. The molecule has 1 N–H and O–H groups in total. The van der Waals surface area contributed by atoms with E-state index in [1.807, 2.05) is 12.5 Å². The molecule has 0 aromatic carbocycles. The van der Waals surface area contributed by atoms with Crippen molar-refractivity contribution in [3.63, 3.8) is 0 Å². The van der Waals surface area contributed by atoms with Gasteiger partial charge in [0.05, 0.1) is 17.8 Å². The lowest BCUT2D eigenvalue weighted by Crippen LogP contribution is -2.20. The molecule has 1 aromatic heterocycles. The Bertz CT molecular complexity index is 437. The Morgan fingerprint density at radius 1 is 1.47 bits per heavy atom. The van der Waals surface area contributed by atoms with Crippen LogP contribution in [0.3, 0.4) is 0 Å². The quantitative estimate of drug-likeness (QED) is 0.742. The first-order valence-electron chi connectivity index (χ1n) is 5.79. The highest BCUT2D eigenvalue weighted by Gasteiger charge is 2.05. The van der Waals surface area contributed by atoms with Crippen LogP contribution in [0.25, 0.3) is 0 Å². The average molecular weight is 259 g/mol. The number of nitrogens with zero attached hydrogens (tertiary/aromatic N) is 2. The second kappa shape index (κ2) is 6.16. The van der Waals surface area contributed by atoms with Crippen molar-refractivity contribution in [1.82, 2.24) is 14.9 Å². The molecular formula is C11H21N3O2S. The fraction of sp³-hybridized carbons (Fsp3) is 0.727. The number of rotatable bonds is 7. The number of hydrogen-bond donors (Lipinski definition) is 1. The molecular weight excluding hydrogens is 238 g/mol. The Balaban J connectivity index is 2.29. The van der Waals surface area contributed by atoms with Gasteiger partial charge in [0.25, 0.3) is 0 Å². The van der Waals surface area contributed by atoms with Crippen LogP contribution < -0.4 is 5.32 Å². The van der Waals surface area contributed by atoms with Crippen LogP contribution in [0.5, 0.6) is 0 Å². The van der Waals surface area contributed by atoms with E-state index in [0.717, 1.165) is 12.2 Å². The van der Waals surface area contributed by atoms with Gasteiger partial charge in [0, 0.05) is 25.0 Å². The van der Waals surface area contributed by atoms with Crippen molar-refractivity contribution in [3.8, 4) is 0 Å². The summed E-state index contributed by atoms with van der Waals surface area (Å²) in [6.45, 7) is 5.64. The molecule has 0 aliphatic heterocycles. The summed E-state index contributed by atoms with van der Waals surface area (Å²) in [7, 11) is -2.84. The summed E-state index contributed by atoms with van der Waals surface area (Å²) < 4.78 is 23.9. The molecule has 0 saturated carbocycles. The van der Waals surface area contributed by atoms with Gasteiger partial charge in [0.1, 0.15) is 9.84 Å². The van der Waals surface area contributed by atoms with Gasteiger partial charge >= 0.3 is 0 Å². The normalized spacial score (nSPS) is 12.2. The zero-order valence-corrected chi connectivity index (χ0v) is 11.5. The molecule has 0 saturated heterocycles. The van der Waals surface area contributed by atoms with Gasteiger partial charge in [0.15, 0.2) is 0 Å². The minimum absolute atomic E-state index is 0.240. The van der Waals surface area contributed by atoms with Crippen molar-refractivity contribution in [2.24, 2.45) is 0 Å². The van der Waals surface area contributed by atoms with Crippen molar-refractivity contribution >= 4 is 9.84 Å². The highest BCUT2D eigenvalue weighted by Crippen LogP contribution is 2.08. The Kier molecular flexibility index (Phi) is 5.14. The Labute approximate surface area is 103 Å². The van der Waals surface area contributed by atoms with Gasteiger partial charge in [-0.15, -0.1) is 0 Å². The first-order chi connectivity index (χ1) is 7.90. The van der Waals surface area contributed by atoms with Gasteiger partial charge in [0.2, 0.25) is 0 Å². The van der Waals surface area contributed by atoms with E-state index in [1.54, 1.807) is 0 Å². The van der Waals surface area contributed by atoms with Crippen LogP contribution >= 0.6 is 0 Å². The molecule has 17 heavy (non-hydrogen) atoms. The van der Waals surface area contributed by atoms with Gasteiger partial charge in [-0.3, -0.25) is 0 Å². The fourth-order valence-electron chi connectivity index (χ4n) is 1.61. The molecule has 5 nitrogen and oxygen atoms in total. The largest absolute Gasteiger partial charge is 0.331 e. The summed E-state index contributed by atoms with van der Waals surface area (Å²) >= 11 is 0. The minimum Gasteiger partial charge on any atom is -0.331 e. The monoisotopic (exact) mass is 259 g/mol. The topological polar surface area (TPSA) is 64.0 Å². The number of sulfone groups is 1. The summed E-state index contributed by atoms with van der Waals surface area (Å²) in [6.07, 6.45) is 5.57. The highest BCUT2D eigenvalue weighted by molar-refractivity contribution is 7.90. The molecule has 0 fully saturated rings. The van der Waals surface area contributed by atoms with Crippen molar-refractivity contribution in [2.45, 2.75) is 32.9 Å². The molecule has 6 heteroatoms. The summed E-state index contributed by atoms with van der Waals surface area (Å²) in [5.74, 6) is 0.240. The lowest BCUT2D eigenvalue weighted by Gasteiger charge is -2.12. The average Bonchev–Trinajstić information content (AvgIpc) is 2.63. The first kappa shape index (κ1) is 14.2. The molecule has 0 aliphatic rings. The maximum Gasteiger partial charge on any atom is 0.147 e. The van der Waals surface area contributed by atoms with Gasteiger partial charge in [-0.05, 0) is 26.8 Å². The summed E-state index contributed by atoms with van der Waals surface area (Å²) in [6, 6.07) is 0.394. The van der Waals surface area contributed by atoms with Crippen LogP contribution in [0.15, 0.2) is 12.5 Å². The smallest absolute Gasteiger partial charge is 0.147 e. The van der Waals surface area contributed by atoms with E-state index >= 15 is 0 Å². The maximum atomic E-state index is 10.9. The van der Waals surface area contributed by atoms with Crippen LogP contribution in [0.4, 0.5) is 0 Å². The predicted molar refractivity (Wildman–Crippen MR) is 68.6 cm³/mol. The summed E-state index contributed by atoms with van der Waals surface area (Å²) in [5.41, 5.74) is 1.12. The van der Waals surface area contributed by atoms with Gasteiger partial charge in [-0.1, -0.05) is 0 Å².